The summed E-state index contributed by atoms with van der Waals surface area (Å²) in [4.78, 5) is 15.5. The van der Waals surface area contributed by atoms with E-state index in [-0.39, 0.29) is 17.4 Å². The van der Waals surface area contributed by atoms with E-state index in [2.05, 4.69) is 4.31 Å². The molecule has 0 aliphatic heterocycles. The van der Waals surface area contributed by atoms with Gasteiger partial charge in [-0.05, 0) is 0 Å². The lowest BCUT2D eigenvalue weighted by molar-refractivity contribution is 0.397. The molecule has 0 aromatic carbocycles. The molecule has 0 spiro atoms. The Balaban J connectivity index is 0. The van der Waals surface area contributed by atoms with Gasteiger partial charge in [-0.2, -0.15) is 0 Å². The fourth-order valence-electron chi connectivity index (χ4n) is 0. The molecule has 0 aromatic heterocycles. The van der Waals surface area contributed by atoms with Crippen molar-refractivity contribution >= 4 is 35.4 Å². The van der Waals surface area contributed by atoms with Gasteiger partial charge in [-0.3, -0.25) is 4.31 Å². The SMILES string of the molecule is OP(O)OP.[AlH3]. The van der Waals surface area contributed by atoms with Crippen LogP contribution in [0.25, 0.3) is 0 Å². The third kappa shape index (κ3) is 8.99. The number of hydrogen-bond acceptors (Lipinski definition) is 3. The minimum absolute atomic E-state index is 0. The molecule has 0 aliphatic carbocycles. The first kappa shape index (κ1) is 10.3. The molecule has 3 nitrogen and oxygen atoms in total. The molecule has 1 unspecified atom stereocenters. The van der Waals surface area contributed by atoms with Gasteiger partial charge in [-0.1, -0.05) is 0 Å². The van der Waals surface area contributed by atoms with Crippen LogP contribution in [0.3, 0.4) is 0 Å². The van der Waals surface area contributed by atoms with Crippen LogP contribution in [0.2, 0.25) is 0 Å². The van der Waals surface area contributed by atoms with Gasteiger partial charge in [0.2, 0.25) is 0 Å². The topological polar surface area (TPSA) is 49.7 Å². The molecule has 1 atom stereocenters. The van der Waals surface area contributed by atoms with Crippen molar-refractivity contribution in [3.8, 4) is 0 Å². The van der Waals surface area contributed by atoms with Gasteiger partial charge in [-0.25, -0.2) is 0 Å². The Labute approximate surface area is 50.1 Å². The molecule has 0 bridgehead atoms. The normalized spacial score (nSPS) is 8.00. The van der Waals surface area contributed by atoms with Crippen LogP contribution in [0.5, 0.6) is 0 Å². The maximum Gasteiger partial charge on any atom is 0.329 e. The van der Waals surface area contributed by atoms with Crippen molar-refractivity contribution in [3.63, 3.8) is 0 Å². The second kappa shape index (κ2) is 6.27. The minimum Gasteiger partial charge on any atom is -0.328 e. The van der Waals surface area contributed by atoms with Crippen LogP contribution in [0, 0.1) is 0 Å². The Bertz CT molecular complexity index is 22.8. The van der Waals surface area contributed by atoms with Crippen molar-refractivity contribution in [3.05, 3.63) is 0 Å². The smallest absolute Gasteiger partial charge is 0.328 e. The third-order valence-corrected chi connectivity index (χ3v) is 0.849. The molecule has 0 aliphatic rings. The van der Waals surface area contributed by atoms with Crippen LogP contribution < -0.4 is 0 Å². The molecule has 6 heavy (non-hydrogen) atoms. The maximum absolute atomic E-state index is 7.74. The predicted molar refractivity (Wildman–Crippen MR) is 32.1 cm³/mol. The zero-order chi connectivity index (χ0) is 4.28. The fourth-order valence-corrected chi connectivity index (χ4v) is 0. The molecular formula is H7AlO3P2. The van der Waals surface area contributed by atoms with E-state index in [0.717, 1.165) is 0 Å². The zero-order valence-electron chi connectivity index (χ0n) is 2.33. The number of hydrogen-bond donors (Lipinski definition) is 2. The van der Waals surface area contributed by atoms with Gasteiger partial charge in [0.05, 0.1) is 0 Å². The summed E-state index contributed by atoms with van der Waals surface area (Å²) in [5.41, 5.74) is 0. The second-order valence-corrected chi connectivity index (χ2v) is 1.71. The molecule has 0 saturated carbocycles. The van der Waals surface area contributed by atoms with Gasteiger partial charge >= 0.3 is 8.60 Å². The maximum atomic E-state index is 7.74. The van der Waals surface area contributed by atoms with E-state index in [9.17, 15) is 0 Å². The average Bonchev–Trinajstić information content (AvgIpc) is 1.38. The van der Waals surface area contributed by atoms with Crippen molar-refractivity contribution in [1.29, 1.82) is 0 Å². The summed E-state index contributed by atoms with van der Waals surface area (Å²) in [7, 11) is -0.412. The zero-order valence-corrected chi connectivity index (χ0v) is 4.38. The molecule has 0 radical (unpaired) electrons. The molecular weight excluding hydrogens is 137 g/mol. The highest BCUT2D eigenvalue weighted by molar-refractivity contribution is 7.45. The lowest BCUT2D eigenvalue weighted by atomic mass is 15.8. The fraction of sp³-hybridized carbons (Fsp3) is 0. The van der Waals surface area contributed by atoms with Gasteiger partial charge < -0.3 is 9.79 Å². The van der Waals surface area contributed by atoms with Crippen molar-refractivity contribution in [2.75, 3.05) is 0 Å². The predicted octanol–water partition coefficient (Wildman–Crippen LogP) is -1.18. The first-order chi connectivity index (χ1) is 2.27. The molecule has 0 amide bonds. The van der Waals surface area contributed by atoms with Crippen molar-refractivity contribution < 1.29 is 14.1 Å². The van der Waals surface area contributed by atoms with Crippen LogP contribution >= 0.6 is 18.1 Å². The van der Waals surface area contributed by atoms with Crippen molar-refractivity contribution in [2.45, 2.75) is 0 Å². The van der Waals surface area contributed by atoms with Crippen LogP contribution in [0.1, 0.15) is 0 Å². The second-order valence-electron chi connectivity index (χ2n) is 0.358. The molecule has 38 valence electrons. The lowest BCUT2D eigenvalue weighted by Gasteiger charge is -1.89. The molecule has 0 saturated heterocycles. The minimum atomic E-state index is -2.14. The van der Waals surface area contributed by atoms with Gasteiger partial charge in [0.25, 0.3) is 0 Å². The summed E-state index contributed by atoms with van der Waals surface area (Å²) in [5, 5.41) is 0. The molecule has 0 heterocycles. The molecule has 6 heteroatoms. The first-order valence-corrected chi connectivity index (χ1v) is 2.45. The summed E-state index contributed by atoms with van der Waals surface area (Å²) >= 11 is 0. The molecule has 0 rings (SSSR count). The van der Waals surface area contributed by atoms with Gasteiger partial charge in [0.1, 0.15) is 0 Å². The Morgan fingerprint density at radius 2 is 1.67 bits per heavy atom. The largest absolute Gasteiger partial charge is 0.329 e. The van der Waals surface area contributed by atoms with E-state index in [4.69, 9.17) is 9.79 Å². The highest BCUT2D eigenvalue weighted by atomic mass is 31.2. The van der Waals surface area contributed by atoms with E-state index in [1.54, 1.807) is 9.47 Å². The van der Waals surface area contributed by atoms with Crippen molar-refractivity contribution in [1.82, 2.24) is 0 Å². The lowest BCUT2D eigenvalue weighted by Crippen LogP contribution is -1.58. The van der Waals surface area contributed by atoms with Crippen molar-refractivity contribution in [2.24, 2.45) is 0 Å². The summed E-state index contributed by atoms with van der Waals surface area (Å²) in [6, 6.07) is 0. The Kier molecular flexibility index (Phi) is 10.8. The summed E-state index contributed by atoms with van der Waals surface area (Å²) in [6.45, 7) is 0. The average molecular weight is 144 g/mol. The van der Waals surface area contributed by atoms with E-state index >= 15 is 0 Å². The number of rotatable bonds is 1. The van der Waals surface area contributed by atoms with E-state index in [1.165, 1.54) is 0 Å². The monoisotopic (exact) mass is 144 g/mol. The van der Waals surface area contributed by atoms with Crippen LogP contribution in [-0.2, 0) is 4.31 Å². The highest BCUT2D eigenvalue weighted by Gasteiger charge is 1.86. The standard InChI is InChI=1S/Al.H4O3P2.3H/c;1-5(2)3-4;;;/h;1-2H,4H2;;;. The van der Waals surface area contributed by atoms with E-state index < -0.39 is 8.60 Å². The van der Waals surface area contributed by atoms with Gasteiger partial charge in [-0.15, -0.1) is 0 Å². The third-order valence-electron chi connectivity index (χ3n) is 0.0943. The molecule has 0 aromatic rings. The van der Waals surface area contributed by atoms with Gasteiger partial charge in [0.15, 0.2) is 17.4 Å². The quantitative estimate of drug-likeness (QED) is 0.359. The van der Waals surface area contributed by atoms with Crippen LogP contribution in [0.15, 0.2) is 0 Å². The van der Waals surface area contributed by atoms with E-state index in [0.29, 0.717) is 0 Å². The van der Waals surface area contributed by atoms with Crippen LogP contribution in [-0.4, -0.2) is 27.1 Å². The Hall–Kier alpha value is 1.27. The summed E-state index contributed by atoms with van der Waals surface area (Å²) in [6.07, 6.45) is 0. The van der Waals surface area contributed by atoms with E-state index in [1.807, 2.05) is 0 Å². The summed E-state index contributed by atoms with van der Waals surface area (Å²) < 4.78 is 3.84. The Morgan fingerprint density at radius 1 is 1.50 bits per heavy atom. The first-order valence-electron chi connectivity index (χ1n) is 0.818. The molecule has 0 fully saturated rings. The molecule has 2 N–H and O–H groups in total. The summed E-state index contributed by atoms with van der Waals surface area (Å²) in [5.74, 6) is 0. The van der Waals surface area contributed by atoms with Gasteiger partial charge in [0, 0.05) is 9.47 Å². The highest BCUT2D eigenvalue weighted by Crippen LogP contribution is 2.26. The van der Waals surface area contributed by atoms with Crippen LogP contribution in [0.4, 0.5) is 0 Å². The Morgan fingerprint density at radius 3 is 1.67 bits per heavy atom.